The fourth-order valence-electron chi connectivity index (χ4n) is 3.62. The van der Waals surface area contributed by atoms with Crippen LogP contribution in [0.25, 0.3) is 0 Å². The largest absolute Gasteiger partial charge is 0.494 e. The Morgan fingerprint density at radius 1 is 1.33 bits per heavy atom. The minimum Gasteiger partial charge on any atom is -0.494 e. The second kappa shape index (κ2) is 8.48. The van der Waals surface area contributed by atoms with Gasteiger partial charge in [-0.3, -0.25) is 14.3 Å². The summed E-state index contributed by atoms with van der Waals surface area (Å²) in [5, 5.41) is 7.40. The molecule has 4 rings (SSSR count). The number of fused-ring (bicyclic) bond motifs is 1. The Morgan fingerprint density at radius 2 is 2.20 bits per heavy atom. The van der Waals surface area contributed by atoms with Crippen molar-refractivity contribution in [2.24, 2.45) is 0 Å². The highest BCUT2D eigenvalue weighted by atomic mass is 19.1. The number of pyridine rings is 1. The molecule has 0 saturated heterocycles. The monoisotopic (exact) mass is 411 g/mol. The van der Waals surface area contributed by atoms with Crippen molar-refractivity contribution in [3.63, 3.8) is 0 Å². The first-order chi connectivity index (χ1) is 14.5. The van der Waals surface area contributed by atoms with Crippen LogP contribution in [0, 0.1) is 5.82 Å². The molecule has 8 nitrogen and oxygen atoms in total. The lowest BCUT2D eigenvalue weighted by atomic mass is 10.1. The summed E-state index contributed by atoms with van der Waals surface area (Å²) in [6.07, 6.45) is 5.20. The fraction of sp³-hybridized carbons (Fsp3) is 0.333. The van der Waals surface area contributed by atoms with Crippen molar-refractivity contribution in [1.29, 1.82) is 0 Å². The van der Waals surface area contributed by atoms with Crippen LogP contribution < -0.4 is 15.7 Å². The van der Waals surface area contributed by atoms with Crippen LogP contribution in [0.2, 0.25) is 0 Å². The van der Waals surface area contributed by atoms with Crippen LogP contribution >= 0.6 is 0 Å². The summed E-state index contributed by atoms with van der Waals surface area (Å²) in [5.41, 5.74) is 0.969. The molecule has 0 radical (unpaired) electrons. The van der Waals surface area contributed by atoms with Crippen LogP contribution in [0.3, 0.4) is 0 Å². The third-order valence-electron chi connectivity index (χ3n) is 5.22. The molecule has 1 aliphatic rings. The van der Waals surface area contributed by atoms with Gasteiger partial charge in [-0.2, -0.15) is 5.10 Å². The number of amides is 1. The average Bonchev–Trinajstić information content (AvgIpc) is 2.91. The van der Waals surface area contributed by atoms with Gasteiger partial charge in [0.2, 0.25) is 0 Å². The molecule has 156 valence electrons. The Morgan fingerprint density at radius 3 is 2.93 bits per heavy atom. The maximum Gasteiger partial charge on any atom is 0.346 e. The van der Waals surface area contributed by atoms with Crippen LogP contribution in [0.1, 0.15) is 34.6 Å². The van der Waals surface area contributed by atoms with Gasteiger partial charge in [-0.05, 0) is 42.7 Å². The third-order valence-corrected chi connectivity index (χ3v) is 5.22. The summed E-state index contributed by atoms with van der Waals surface area (Å²) >= 11 is 0. The number of nitrogens with one attached hydrogen (secondary N) is 1. The number of nitrogens with zero attached hydrogens (tertiary/aromatic N) is 4. The molecule has 9 heteroatoms. The van der Waals surface area contributed by atoms with Crippen LogP contribution in [-0.4, -0.2) is 38.4 Å². The number of aromatic nitrogens is 4. The Kier molecular flexibility index (Phi) is 5.60. The van der Waals surface area contributed by atoms with Crippen molar-refractivity contribution in [3.05, 3.63) is 76.0 Å². The van der Waals surface area contributed by atoms with E-state index in [0.717, 1.165) is 11.6 Å². The highest BCUT2D eigenvalue weighted by Gasteiger charge is 2.23. The number of rotatable bonds is 5. The zero-order valence-electron chi connectivity index (χ0n) is 16.5. The quantitative estimate of drug-likeness (QED) is 0.691. The van der Waals surface area contributed by atoms with Crippen molar-refractivity contribution in [1.82, 2.24) is 24.6 Å². The van der Waals surface area contributed by atoms with E-state index in [1.54, 1.807) is 17.0 Å². The van der Waals surface area contributed by atoms with E-state index in [0.29, 0.717) is 38.2 Å². The smallest absolute Gasteiger partial charge is 0.346 e. The number of ether oxygens (including phenoxy) is 1. The predicted octanol–water partition coefficient (Wildman–Crippen LogP) is 1.77. The van der Waals surface area contributed by atoms with E-state index in [9.17, 15) is 14.0 Å². The Hall–Kier alpha value is -3.49. The molecule has 1 amide bonds. The summed E-state index contributed by atoms with van der Waals surface area (Å²) in [7, 11) is 1.37. The fourth-order valence-corrected chi connectivity index (χ4v) is 3.62. The third kappa shape index (κ3) is 4.10. The highest BCUT2D eigenvalue weighted by molar-refractivity contribution is 5.94. The molecule has 2 aromatic heterocycles. The molecule has 30 heavy (non-hydrogen) atoms. The van der Waals surface area contributed by atoms with E-state index in [1.165, 1.54) is 23.9 Å². The molecule has 1 aromatic carbocycles. The number of hydrogen-bond donors (Lipinski definition) is 1. The molecule has 0 bridgehead atoms. The first kappa shape index (κ1) is 19.8. The van der Waals surface area contributed by atoms with Crippen molar-refractivity contribution in [2.75, 3.05) is 7.11 Å². The number of benzene rings is 1. The van der Waals surface area contributed by atoms with Gasteiger partial charge in [-0.15, -0.1) is 0 Å². The van der Waals surface area contributed by atoms with Crippen molar-refractivity contribution < 1.29 is 13.9 Å². The van der Waals surface area contributed by atoms with Gasteiger partial charge in [0.05, 0.1) is 13.7 Å². The van der Waals surface area contributed by atoms with E-state index in [-0.39, 0.29) is 29.0 Å². The first-order valence-electron chi connectivity index (χ1n) is 9.75. The molecular formula is C21H22FN5O3. The standard InChI is InChI=1S/C21H22FN5O3/c1-30-18-6-4-15(11-17(18)22)20(28)24-16-5-7-19-25-27(21(29)26(19)10-8-16)13-14-3-2-9-23-12-14/h2-4,6,9,11-12,16H,5,7-8,10,13H2,1H3,(H,24,28). The Bertz CT molecular complexity index is 1110. The van der Waals surface area contributed by atoms with Gasteiger partial charge in [-0.1, -0.05) is 6.07 Å². The summed E-state index contributed by atoms with van der Waals surface area (Å²) in [6, 6.07) is 7.71. The first-order valence-corrected chi connectivity index (χ1v) is 9.75. The minimum atomic E-state index is -0.583. The SMILES string of the molecule is COc1ccc(C(=O)NC2CCc3nn(Cc4cccnc4)c(=O)n3CC2)cc1F. The topological polar surface area (TPSA) is 91.0 Å². The molecule has 1 unspecified atom stereocenters. The van der Waals surface area contributed by atoms with Crippen LogP contribution in [0.15, 0.2) is 47.5 Å². The van der Waals surface area contributed by atoms with E-state index in [4.69, 9.17) is 4.74 Å². The maximum atomic E-state index is 13.9. The Balaban J connectivity index is 1.42. The molecule has 3 heterocycles. The summed E-state index contributed by atoms with van der Waals surface area (Å²) in [4.78, 5) is 29.3. The number of hydrogen-bond acceptors (Lipinski definition) is 5. The number of aryl methyl sites for hydroxylation is 1. The zero-order chi connectivity index (χ0) is 21.1. The van der Waals surface area contributed by atoms with Crippen LogP contribution in [0.5, 0.6) is 5.75 Å². The average molecular weight is 411 g/mol. The van der Waals surface area contributed by atoms with Crippen molar-refractivity contribution in [2.45, 2.75) is 38.4 Å². The lowest BCUT2D eigenvalue weighted by Crippen LogP contribution is -2.36. The van der Waals surface area contributed by atoms with Crippen molar-refractivity contribution in [3.8, 4) is 5.75 Å². The number of carbonyl (C=O) groups is 1. The summed E-state index contributed by atoms with van der Waals surface area (Å²) in [6.45, 7) is 0.832. The van der Waals surface area contributed by atoms with Gasteiger partial charge in [0.25, 0.3) is 5.91 Å². The van der Waals surface area contributed by atoms with Crippen LogP contribution in [0.4, 0.5) is 4.39 Å². The number of halogens is 1. The van der Waals surface area contributed by atoms with Gasteiger partial charge in [0.15, 0.2) is 11.6 Å². The second-order valence-electron chi connectivity index (χ2n) is 7.22. The van der Waals surface area contributed by atoms with Gasteiger partial charge >= 0.3 is 5.69 Å². The predicted molar refractivity (Wildman–Crippen MR) is 107 cm³/mol. The van der Waals surface area contributed by atoms with E-state index >= 15 is 0 Å². The van der Waals surface area contributed by atoms with Crippen LogP contribution in [-0.2, 0) is 19.5 Å². The second-order valence-corrected chi connectivity index (χ2v) is 7.22. The lowest BCUT2D eigenvalue weighted by Gasteiger charge is -2.16. The van der Waals surface area contributed by atoms with E-state index in [1.807, 2.05) is 12.1 Å². The summed E-state index contributed by atoms with van der Waals surface area (Å²) in [5.74, 6) is -0.138. The number of carbonyl (C=O) groups excluding carboxylic acids is 1. The molecule has 0 fully saturated rings. The molecule has 0 aliphatic carbocycles. The van der Waals surface area contributed by atoms with E-state index in [2.05, 4.69) is 15.4 Å². The normalized spacial score (nSPS) is 15.9. The Labute approximate surface area is 172 Å². The maximum absolute atomic E-state index is 13.9. The molecule has 1 N–H and O–H groups in total. The molecule has 1 atom stereocenters. The number of methoxy groups -OCH3 is 1. The van der Waals surface area contributed by atoms with Gasteiger partial charge in [0, 0.05) is 37.0 Å². The highest BCUT2D eigenvalue weighted by Crippen LogP contribution is 2.18. The van der Waals surface area contributed by atoms with Crippen molar-refractivity contribution >= 4 is 5.91 Å². The molecule has 1 aliphatic heterocycles. The van der Waals surface area contributed by atoms with E-state index < -0.39 is 5.82 Å². The van der Waals surface area contributed by atoms with Gasteiger partial charge in [-0.25, -0.2) is 13.9 Å². The molecule has 0 spiro atoms. The zero-order valence-corrected chi connectivity index (χ0v) is 16.5. The molecule has 3 aromatic rings. The van der Waals surface area contributed by atoms with Gasteiger partial charge in [0.1, 0.15) is 5.82 Å². The summed E-state index contributed by atoms with van der Waals surface area (Å²) < 4.78 is 21.9. The molecule has 0 saturated carbocycles. The van der Waals surface area contributed by atoms with Gasteiger partial charge < -0.3 is 10.1 Å². The minimum absolute atomic E-state index is 0.0917. The lowest BCUT2D eigenvalue weighted by molar-refractivity contribution is 0.0932. The molecular weight excluding hydrogens is 389 g/mol.